The second-order valence-electron chi connectivity index (χ2n) is 5.86. The summed E-state index contributed by atoms with van der Waals surface area (Å²) < 4.78 is 30.6. The average Bonchev–Trinajstić information content (AvgIpc) is 2.79. The lowest BCUT2D eigenvalue weighted by Crippen LogP contribution is -2.39. The second-order valence-corrected chi connectivity index (χ2v) is 5.86. The molecule has 6 heteroatoms. The number of rotatable bonds is 2. The fraction of sp³-hybridized carbons (Fsp3) is 0.571. The van der Waals surface area contributed by atoms with E-state index in [4.69, 9.17) is 14.0 Å². The van der Waals surface area contributed by atoms with Crippen LogP contribution < -0.4 is 10.4 Å². The molecule has 0 unspecified atom stereocenters. The van der Waals surface area contributed by atoms with E-state index in [9.17, 15) is 4.39 Å². The standard InChI is InChI=1S/C14H19BFNO3/c1-14(2)10-19-15(20-14)11-7-12(16)9-13(8-11)17-3-5-18-6-4-17/h7-9H,3-6,10H2,1-2H3. The Kier molecular flexibility index (Phi) is 3.71. The normalized spacial score (nSPS) is 22.4. The first-order valence-corrected chi connectivity index (χ1v) is 6.96. The first-order valence-electron chi connectivity index (χ1n) is 6.96. The maximum absolute atomic E-state index is 13.9. The lowest BCUT2D eigenvalue weighted by atomic mass is 9.79. The molecule has 0 amide bonds. The SMILES string of the molecule is CC1(C)COB(c2cc(F)cc(N3CCOCC3)c2)O1. The molecule has 0 spiro atoms. The monoisotopic (exact) mass is 279 g/mol. The molecule has 2 saturated heterocycles. The molecule has 0 N–H and O–H groups in total. The van der Waals surface area contributed by atoms with E-state index in [-0.39, 0.29) is 11.4 Å². The van der Waals surface area contributed by atoms with Gasteiger partial charge in [0, 0.05) is 18.8 Å². The van der Waals surface area contributed by atoms with Crippen LogP contribution in [0, 0.1) is 5.82 Å². The Balaban J connectivity index is 1.83. The largest absolute Gasteiger partial charge is 0.494 e. The third kappa shape index (κ3) is 2.97. The number of anilines is 1. The summed E-state index contributed by atoms with van der Waals surface area (Å²) in [4.78, 5) is 2.12. The van der Waals surface area contributed by atoms with Crippen molar-refractivity contribution in [3.05, 3.63) is 24.0 Å². The Morgan fingerprint density at radius 1 is 1.20 bits per heavy atom. The quantitative estimate of drug-likeness (QED) is 0.761. The van der Waals surface area contributed by atoms with E-state index < -0.39 is 7.12 Å². The zero-order valence-electron chi connectivity index (χ0n) is 11.9. The minimum Gasteiger partial charge on any atom is -0.404 e. The molecule has 0 aromatic heterocycles. The van der Waals surface area contributed by atoms with E-state index in [0.717, 1.165) is 24.2 Å². The van der Waals surface area contributed by atoms with E-state index in [1.165, 1.54) is 6.07 Å². The number of benzene rings is 1. The Morgan fingerprint density at radius 2 is 1.95 bits per heavy atom. The van der Waals surface area contributed by atoms with Crippen molar-refractivity contribution in [1.82, 2.24) is 0 Å². The summed E-state index contributed by atoms with van der Waals surface area (Å²) in [6.45, 7) is 7.36. The Bertz CT molecular complexity index is 491. The Morgan fingerprint density at radius 3 is 2.60 bits per heavy atom. The number of hydrogen-bond acceptors (Lipinski definition) is 4. The van der Waals surface area contributed by atoms with E-state index in [2.05, 4.69) is 4.90 Å². The highest BCUT2D eigenvalue weighted by Gasteiger charge is 2.38. The van der Waals surface area contributed by atoms with Crippen LogP contribution in [0.15, 0.2) is 18.2 Å². The highest BCUT2D eigenvalue weighted by Crippen LogP contribution is 2.22. The fourth-order valence-corrected chi connectivity index (χ4v) is 2.53. The molecule has 0 saturated carbocycles. The van der Waals surface area contributed by atoms with Gasteiger partial charge in [-0.2, -0.15) is 0 Å². The zero-order valence-corrected chi connectivity index (χ0v) is 11.9. The van der Waals surface area contributed by atoms with Gasteiger partial charge < -0.3 is 18.9 Å². The summed E-state index contributed by atoms with van der Waals surface area (Å²) in [5, 5.41) is 0. The van der Waals surface area contributed by atoms with Crippen LogP contribution in [0.5, 0.6) is 0 Å². The zero-order chi connectivity index (χ0) is 14.2. The van der Waals surface area contributed by atoms with Crippen LogP contribution in [0.2, 0.25) is 0 Å². The summed E-state index contributed by atoms with van der Waals surface area (Å²) in [5.74, 6) is -0.263. The number of morpholine rings is 1. The van der Waals surface area contributed by atoms with Crippen molar-refractivity contribution < 1.29 is 18.4 Å². The molecule has 3 rings (SSSR count). The van der Waals surface area contributed by atoms with Crippen LogP contribution >= 0.6 is 0 Å². The van der Waals surface area contributed by atoms with Crippen LogP contribution in [-0.2, 0) is 14.0 Å². The first-order chi connectivity index (χ1) is 9.53. The van der Waals surface area contributed by atoms with Gasteiger partial charge in [0.15, 0.2) is 0 Å². The molecule has 108 valence electrons. The molecule has 4 nitrogen and oxygen atoms in total. The average molecular weight is 279 g/mol. The lowest BCUT2D eigenvalue weighted by molar-refractivity contribution is 0.122. The predicted octanol–water partition coefficient (Wildman–Crippen LogP) is 1.18. The van der Waals surface area contributed by atoms with Crippen LogP contribution in [0.1, 0.15) is 13.8 Å². The molecule has 2 aliphatic heterocycles. The molecule has 1 aromatic carbocycles. The van der Waals surface area contributed by atoms with Gasteiger partial charge in [-0.3, -0.25) is 0 Å². The number of hydrogen-bond donors (Lipinski definition) is 0. The highest BCUT2D eigenvalue weighted by molar-refractivity contribution is 6.62. The summed E-state index contributed by atoms with van der Waals surface area (Å²) in [6, 6.07) is 4.98. The van der Waals surface area contributed by atoms with Gasteiger partial charge in [0.2, 0.25) is 0 Å². The maximum atomic E-state index is 13.9. The molecular weight excluding hydrogens is 260 g/mol. The van der Waals surface area contributed by atoms with Crippen molar-refractivity contribution in [2.75, 3.05) is 37.8 Å². The van der Waals surface area contributed by atoms with E-state index in [0.29, 0.717) is 19.8 Å². The van der Waals surface area contributed by atoms with Crippen molar-refractivity contribution in [3.63, 3.8) is 0 Å². The van der Waals surface area contributed by atoms with Crippen LogP contribution in [0.4, 0.5) is 10.1 Å². The van der Waals surface area contributed by atoms with E-state index in [1.54, 1.807) is 6.07 Å². The van der Waals surface area contributed by atoms with Gasteiger partial charge in [-0.05, 0) is 37.5 Å². The summed E-state index contributed by atoms with van der Waals surface area (Å²) >= 11 is 0. The predicted molar refractivity (Wildman–Crippen MR) is 75.9 cm³/mol. The van der Waals surface area contributed by atoms with Gasteiger partial charge >= 0.3 is 7.12 Å². The number of halogens is 1. The third-order valence-electron chi connectivity index (χ3n) is 3.56. The maximum Gasteiger partial charge on any atom is 0.494 e. The fourth-order valence-electron chi connectivity index (χ4n) is 2.53. The van der Waals surface area contributed by atoms with Gasteiger partial charge in [0.05, 0.1) is 25.4 Å². The molecule has 0 radical (unpaired) electrons. The minimum atomic E-state index is -0.486. The van der Waals surface area contributed by atoms with Gasteiger partial charge in [-0.25, -0.2) is 4.39 Å². The topological polar surface area (TPSA) is 30.9 Å². The molecule has 20 heavy (non-hydrogen) atoms. The van der Waals surface area contributed by atoms with Crippen molar-refractivity contribution in [2.45, 2.75) is 19.4 Å². The summed E-state index contributed by atoms with van der Waals surface area (Å²) in [5.41, 5.74) is 1.27. The second kappa shape index (κ2) is 5.35. The third-order valence-corrected chi connectivity index (χ3v) is 3.56. The van der Waals surface area contributed by atoms with Gasteiger partial charge in [0.1, 0.15) is 5.82 Å². The van der Waals surface area contributed by atoms with Gasteiger partial charge in [-0.15, -0.1) is 0 Å². The highest BCUT2D eigenvalue weighted by atomic mass is 19.1. The molecule has 0 atom stereocenters. The summed E-state index contributed by atoms with van der Waals surface area (Å²) in [7, 11) is -0.486. The lowest BCUT2D eigenvalue weighted by Gasteiger charge is -2.29. The number of nitrogens with zero attached hydrogens (tertiary/aromatic N) is 1. The molecule has 1 aromatic rings. The molecule has 2 fully saturated rings. The Hall–Kier alpha value is -1.11. The Labute approximate surface area is 118 Å². The van der Waals surface area contributed by atoms with Crippen molar-refractivity contribution >= 4 is 18.3 Å². The summed E-state index contributed by atoms with van der Waals surface area (Å²) in [6.07, 6.45) is 0. The molecule has 0 bridgehead atoms. The van der Waals surface area contributed by atoms with Gasteiger partial charge in [-0.1, -0.05) is 0 Å². The van der Waals surface area contributed by atoms with Crippen molar-refractivity contribution in [1.29, 1.82) is 0 Å². The molecule has 2 heterocycles. The smallest absolute Gasteiger partial charge is 0.404 e. The first kappa shape index (κ1) is 13.9. The van der Waals surface area contributed by atoms with Crippen molar-refractivity contribution in [3.8, 4) is 0 Å². The van der Waals surface area contributed by atoms with E-state index in [1.807, 2.05) is 19.9 Å². The van der Waals surface area contributed by atoms with Crippen molar-refractivity contribution in [2.24, 2.45) is 0 Å². The van der Waals surface area contributed by atoms with Crippen LogP contribution in [-0.4, -0.2) is 45.6 Å². The van der Waals surface area contributed by atoms with Crippen LogP contribution in [0.3, 0.4) is 0 Å². The van der Waals surface area contributed by atoms with Gasteiger partial charge in [0.25, 0.3) is 0 Å². The van der Waals surface area contributed by atoms with Crippen LogP contribution in [0.25, 0.3) is 0 Å². The molecular formula is C14H19BFNO3. The number of ether oxygens (including phenoxy) is 1. The molecule has 0 aliphatic carbocycles. The minimum absolute atomic E-state index is 0.263. The molecule has 2 aliphatic rings. The van der Waals surface area contributed by atoms with E-state index >= 15 is 0 Å².